The Labute approximate surface area is 127 Å². The van der Waals surface area contributed by atoms with Crippen molar-refractivity contribution in [1.29, 1.82) is 0 Å². The van der Waals surface area contributed by atoms with Crippen molar-refractivity contribution in [3.63, 3.8) is 0 Å². The molecular formula is C17H26N2O2. The van der Waals surface area contributed by atoms with Crippen LogP contribution >= 0.6 is 0 Å². The number of rotatable bonds is 5. The van der Waals surface area contributed by atoms with Crippen LogP contribution in [0, 0.1) is 0 Å². The molecule has 2 atom stereocenters. The van der Waals surface area contributed by atoms with Gasteiger partial charge in [0.05, 0.1) is 12.7 Å². The summed E-state index contributed by atoms with van der Waals surface area (Å²) in [4.78, 5) is 2.37. The summed E-state index contributed by atoms with van der Waals surface area (Å²) in [6.45, 7) is 3.71. The lowest BCUT2D eigenvalue weighted by Crippen LogP contribution is -2.42. The summed E-state index contributed by atoms with van der Waals surface area (Å²) in [5.74, 6) is 0.943. The largest absolute Gasteiger partial charge is 0.493 e. The minimum Gasteiger partial charge on any atom is -0.493 e. The fraction of sp³-hybridized carbons (Fsp3) is 0.647. The summed E-state index contributed by atoms with van der Waals surface area (Å²) in [7, 11) is 0. The van der Waals surface area contributed by atoms with Crippen LogP contribution in [-0.2, 0) is 4.74 Å². The predicted octanol–water partition coefficient (Wildman–Crippen LogP) is 2.56. The lowest BCUT2D eigenvalue weighted by atomic mass is 10.1. The van der Waals surface area contributed by atoms with E-state index in [0.29, 0.717) is 12.1 Å². The number of anilines is 1. The lowest BCUT2D eigenvalue weighted by Gasteiger charge is -2.32. The molecule has 0 aliphatic carbocycles. The van der Waals surface area contributed by atoms with Crippen molar-refractivity contribution in [2.75, 3.05) is 31.2 Å². The van der Waals surface area contributed by atoms with Gasteiger partial charge in [-0.1, -0.05) is 0 Å². The molecule has 21 heavy (non-hydrogen) atoms. The Bertz CT molecular complexity index is 429. The standard InChI is InChI=1S/C17H26N2O2/c18-14-3-1-10-19(13-14)15-5-7-17(8-6-15)21-12-9-16-4-2-11-20-16/h5-8,14,16H,1-4,9-13,18H2. The van der Waals surface area contributed by atoms with Crippen molar-refractivity contribution in [3.8, 4) is 5.75 Å². The van der Waals surface area contributed by atoms with E-state index in [4.69, 9.17) is 15.2 Å². The van der Waals surface area contributed by atoms with Gasteiger partial charge in [-0.2, -0.15) is 0 Å². The van der Waals surface area contributed by atoms with Crippen LogP contribution in [0.3, 0.4) is 0 Å². The first kappa shape index (κ1) is 14.7. The van der Waals surface area contributed by atoms with Gasteiger partial charge in [0.1, 0.15) is 5.75 Å². The van der Waals surface area contributed by atoms with Crippen molar-refractivity contribution in [2.45, 2.75) is 44.2 Å². The third kappa shape index (κ3) is 4.11. The van der Waals surface area contributed by atoms with Gasteiger partial charge in [-0.3, -0.25) is 0 Å². The first-order valence-corrected chi connectivity index (χ1v) is 8.16. The van der Waals surface area contributed by atoms with E-state index < -0.39 is 0 Å². The van der Waals surface area contributed by atoms with E-state index in [1.807, 2.05) is 0 Å². The van der Waals surface area contributed by atoms with E-state index in [1.54, 1.807) is 0 Å². The Morgan fingerprint density at radius 1 is 1.19 bits per heavy atom. The fourth-order valence-corrected chi connectivity index (χ4v) is 3.18. The molecule has 0 bridgehead atoms. The van der Waals surface area contributed by atoms with Gasteiger partial charge < -0.3 is 20.1 Å². The maximum absolute atomic E-state index is 6.04. The zero-order chi connectivity index (χ0) is 14.5. The van der Waals surface area contributed by atoms with Crippen LogP contribution in [0.15, 0.2) is 24.3 Å². The SMILES string of the molecule is NC1CCCN(c2ccc(OCCC3CCCO3)cc2)C1. The molecule has 3 rings (SSSR count). The molecule has 2 saturated heterocycles. The molecule has 2 aliphatic heterocycles. The number of hydrogen-bond donors (Lipinski definition) is 1. The number of benzene rings is 1. The third-order valence-corrected chi connectivity index (χ3v) is 4.39. The van der Waals surface area contributed by atoms with Gasteiger partial charge in [0, 0.05) is 37.8 Å². The second-order valence-electron chi connectivity index (χ2n) is 6.11. The fourth-order valence-electron chi connectivity index (χ4n) is 3.18. The van der Waals surface area contributed by atoms with Gasteiger partial charge in [0.2, 0.25) is 0 Å². The Morgan fingerprint density at radius 2 is 2.05 bits per heavy atom. The van der Waals surface area contributed by atoms with E-state index in [0.717, 1.165) is 44.9 Å². The smallest absolute Gasteiger partial charge is 0.119 e. The summed E-state index contributed by atoms with van der Waals surface area (Å²) < 4.78 is 11.4. The van der Waals surface area contributed by atoms with E-state index in [-0.39, 0.29) is 0 Å². The highest BCUT2D eigenvalue weighted by molar-refractivity contribution is 5.49. The summed E-state index contributed by atoms with van der Waals surface area (Å²) in [5.41, 5.74) is 7.29. The third-order valence-electron chi connectivity index (χ3n) is 4.39. The highest BCUT2D eigenvalue weighted by Crippen LogP contribution is 2.23. The van der Waals surface area contributed by atoms with Crippen molar-refractivity contribution in [2.24, 2.45) is 5.73 Å². The van der Waals surface area contributed by atoms with Crippen LogP contribution in [0.1, 0.15) is 32.1 Å². The zero-order valence-electron chi connectivity index (χ0n) is 12.7. The van der Waals surface area contributed by atoms with Crippen LogP contribution in [0.5, 0.6) is 5.75 Å². The normalized spacial score (nSPS) is 26.0. The topological polar surface area (TPSA) is 47.7 Å². The molecule has 0 spiro atoms. The number of piperidine rings is 1. The van der Waals surface area contributed by atoms with E-state index in [2.05, 4.69) is 29.2 Å². The van der Waals surface area contributed by atoms with E-state index >= 15 is 0 Å². The molecule has 1 aromatic rings. The molecule has 2 N–H and O–H groups in total. The highest BCUT2D eigenvalue weighted by Gasteiger charge is 2.17. The Kier molecular flexibility index (Phi) is 4.99. The second kappa shape index (κ2) is 7.14. The molecule has 0 amide bonds. The Balaban J connectivity index is 1.47. The molecular weight excluding hydrogens is 264 g/mol. The number of nitrogens with zero attached hydrogens (tertiary/aromatic N) is 1. The summed E-state index contributed by atoms with van der Waals surface area (Å²) in [6.07, 6.45) is 6.08. The monoisotopic (exact) mass is 290 g/mol. The molecule has 2 fully saturated rings. The van der Waals surface area contributed by atoms with Crippen LogP contribution in [0.2, 0.25) is 0 Å². The minimum atomic E-state index is 0.307. The van der Waals surface area contributed by atoms with Gasteiger partial charge in [0.25, 0.3) is 0 Å². The number of ether oxygens (including phenoxy) is 2. The van der Waals surface area contributed by atoms with Crippen molar-refractivity contribution in [3.05, 3.63) is 24.3 Å². The number of hydrogen-bond acceptors (Lipinski definition) is 4. The molecule has 1 aromatic carbocycles. The molecule has 0 radical (unpaired) electrons. The van der Waals surface area contributed by atoms with Gasteiger partial charge in [-0.15, -0.1) is 0 Å². The van der Waals surface area contributed by atoms with Crippen molar-refractivity contribution >= 4 is 5.69 Å². The van der Waals surface area contributed by atoms with Gasteiger partial charge in [0.15, 0.2) is 0 Å². The first-order valence-electron chi connectivity index (χ1n) is 8.16. The molecule has 4 heteroatoms. The minimum absolute atomic E-state index is 0.307. The lowest BCUT2D eigenvalue weighted by molar-refractivity contribution is 0.0903. The zero-order valence-corrected chi connectivity index (χ0v) is 12.7. The molecule has 2 heterocycles. The summed E-state index contributed by atoms with van der Waals surface area (Å²) >= 11 is 0. The molecule has 116 valence electrons. The van der Waals surface area contributed by atoms with Gasteiger partial charge in [-0.05, 0) is 49.9 Å². The molecule has 0 aromatic heterocycles. The molecule has 2 aliphatic rings. The van der Waals surface area contributed by atoms with Gasteiger partial charge in [-0.25, -0.2) is 0 Å². The van der Waals surface area contributed by atoms with Crippen LogP contribution in [0.4, 0.5) is 5.69 Å². The Morgan fingerprint density at radius 3 is 2.76 bits per heavy atom. The summed E-state index contributed by atoms with van der Waals surface area (Å²) in [5, 5.41) is 0. The average Bonchev–Trinajstić information content (AvgIpc) is 3.01. The average molecular weight is 290 g/mol. The molecule has 0 saturated carbocycles. The summed E-state index contributed by atoms with van der Waals surface area (Å²) in [6, 6.07) is 8.70. The predicted molar refractivity (Wildman–Crippen MR) is 85.0 cm³/mol. The first-order chi connectivity index (χ1) is 10.3. The maximum Gasteiger partial charge on any atom is 0.119 e. The second-order valence-corrected chi connectivity index (χ2v) is 6.11. The van der Waals surface area contributed by atoms with Crippen molar-refractivity contribution in [1.82, 2.24) is 0 Å². The highest BCUT2D eigenvalue weighted by atomic mass is 16.5. The number of nitrogens with two attached hydrogens (primary N) is 1. The van der Waals surface area contributed by atoms with E-state index in [9.17, 15) is 0 Å². The Hall–Kier alpha value is -1.26. The molecule has 4 nitrogen and oxygen atoms in total. The van der Waals surface area contributed by atoms with Crippen LogP contribution in [-0.4, -0.2) is 38.4 Å². The molecule has 2 unspecified atom stereocenters. The van der Waals surface area contributed by atoms with Crippen LogP contribution in [0.25, 0.3) is 0 Å². The van der Waals surface area contributed by atoms with Gasteiger partial charge >= 0.3 is 0 Å². The maximum atomic E-state index is 6.04. The van der Waals surface area contributed by atoms with Crippen LogP contribution < -0.4 is 15.4 Å². The quantitative estimate of drug-likeness (QED) is 0.905. The van der Waals surface area contributed by atoms with E-state index in [1.165, 1.54) is 24.9 Å². The van der Waals surface area contributed by atoms with Crippen molar-refractivity contribution < 1.29 is 9.47 Å².